The molecule has 17 heavy (non-hydrogen) atoms. The summed E-state index contributed by atoms with van der Waals surface area (Å²) in [5.41, 5.74) is 0. The zero-order valence-corrected chi connectivity index (χ0v) is 12.5. The van der Waals surface area contributed by atoms with Gasteiger partial charge in [-0.25, -0.2) is 0 Å². The van der Waals surface area contributed by atoms with Crippen LogP contribution in [0.3, 0.4) is 0 Å². The Labute approximate surface area is 108 Å². The molecule has 100 valence electrons. The van der Waals surface area contributed by atoms with Crippen LogP contribution < -0.4 is 0 Å². The van der Waals surface area contributed by atoms with Gasteiger partial charge in [0.25, 0.3) is 0 Å². The first-order chi connectivity index (χ1) is 8.34. The third-order valence-electron chi connectivity index (χ3n) is 3.57. The standard InChI is InChI=1S/C14H28O2Si/c1-2-3-4-5-6-7-8-11-14(15)17-13-10-9-12-16-17/h17H,2-13H2,1H3. The topological polar surface area (TPSA) is 26.3 Å². The Morgan fingerprint density at radius 1 is 1.06 bits per heavy atom. The van der Waals surface area contributed by atoms with Gasteiger partial charge in [-0.15, -0.1) is 0 Å². The zero-order valence-electron chi connectivity index (χ0n) is 11.4. The van der Waals surface area contributed by atoms with E-state index in [1.807, 2.05) is 0 Å². The molecule has 0 aromatic heterocycles. The number of carbonyl (C=O) groups excluding carboxylic acids is 1. The molecule has 0 saturated carbocycles. The quantitative estimate of drug-likeness (QED) is 0.464. The van der Waals surface area contributed by atoms with Gasteiger partial charge in [0.05, 0.1) is 0 Å². The fraction of sp³-hybridized carbons (Fsp3) is 0.929. The molecule has 2 nitrogen and oxygen atoms in total. The summed E-state index contributed by atoms with van der Waals surface area (Å²) < 4.78 is 5.64. The molecule has 0 aliphatic carbocycles. The SMILES string of the molecule is CCCCCCCCCC(=O)[SiH]1CCCCO1. The molecule has 0 bridgehead atoms. The molecule has 0 spiro atoms. The summed E-state index contributed by atoms with van der Waals surface area (Å²) in [6.45, 7) is 3.09. The van der Waals surface area contributed by atoms with Gasteiger partial charge in [-0.3, -0.25) is 0 Å². The molecule has 1 atom stereocenters. The van der Waals surface area contributed by atoms with Crippen molar-refractivity contribution in [3.8, 4) is 0 Å². The maximum atomic E-state index is 11.9. The van der Waals surface area contributed by atoms with E-state index in [1.54, 1.807) is 0 Å². The van der Waals surface area contributed by atoms with Gasteiger partial charge in [0.1, 0.15) is 5.41 Å². The first kappa shape index (κ1) is 14.9. The third kappa shape index (κ3) is 6.99. The minimum absolute atomic E-state index is 0.484. The Morgan fingerprint density at radius 3 is 2.41 bits per heavy atom. The van der Waals surface area contributed by atoms with Crippen LogP contribution in [-0.4, -0.2) is 21.1 Å². The molecule has 1 rings (SSSR count). The van der Waals surface area contributed by atoms with Crippen molar-refractivity contribution in [2.24, 2.45) is 0 Å². The summed E-state index contributed by atoms with van der Waals surface area (Å²) in [7, 11) is -1.43. The molecule has 1 fully saturated rings. The molecule has 3 heteroatoms. The molecule has 1 unspecified atom stereocenters. The van der Waals surface area contributed by atoms with Crippen LogP contribution in [0.2, 0.25) is 6.04 Å². The van der Waals surface area contributed by atoms with Gasteiger partial charge in [0, 0.05) is 13.0 Å². The van der Waals surface area contributed by atoms with E-state index in [-0.39, 0.29) is 0 Å². The fourth-order valence-electron chi connectivity index (χ4n) is 2.41. The summed E-state index contributed by atoms with van der Waals surface area (Å²) in [4.78, 5) is 11.9. The van der Waals surface area contributed by atoms with Crippen molar-refractivity contribution >= 4 is 14.4 Å². The zero-order chi connectivity index (χ0) is 12.3. The van der Waals surface area contributed by atoms with Crippen molar-refractivity contribution in [3.63, 3.8) is 0 Å². The van der Waals surface area contributed by atoms with Gasteiger partial charge in [-0.05, 0) is 18.9 Å². The molecule has 0 radical (unpaired) electrons. The van der Waals surface area contributed by atoms with E-state index in [1.165, 1.54) is 44.9 Å². The second kappa shape index (κ2) is 9.83. The number of hydrogen-bond donors (Lipinski definition) is 0. The summed E-state index contributed by atoms with van der Waals surface area (Å²) in [6.07, 6.45) is 12.2. The lowest BCUT2D eigenvalue weighted by Crippen LogP contribution is -2.32. The maximum absolute atomic E-state index is 11.9. The van der Waals surface area contributed by atoms with Crippen LogP contribution in [0.5, 0.6) is 0 Å². The van der Waals surface area contributed by atoms with Gasteiger partial charge in [-0.2, -0.15) is 0 Å². The van der Waals surface area contributed by atoms with Gasteiger partial charge < -0.3 is 9.22 Å². The van der Waals surface area contributed by atoms with Crippen LogP contribution in [0.1, 0.15) is 71.1 Å². The number of rotatable bonds is 9. The lowest BCUT2D eigenvalue weighted by atomic mass is 10.1. The van der Waals surface area contributed by atoms with E-state index in [0.717, 1.165) is 31.9 Å². The molecule has 0 amide bonds. The highest BCUT2D eigenvalue weighted by Gasteiger charge is 2.23. The highest BCUT2D eigenvalue weighted by Crippen LogP contribution is 2.15. The average molecular weight is 256 g/mol. The van der Waals surface area contributed by atoms with Crippen molar-refractivity contribution in [1.29, 1.82) is 0 Å². The first-order valence-corrected chi connectivity index (χ1v) is 9.35. The molecule has 0 aromatic carbocycles. The van der Waals surface area contributed by atoms with Gasteiger partial charge in [-0.1, -0.05) is 51.9 Å². The Bertz CT molecular complexity index is 200. The molecule has 1 saturated heterocycles. The summed E-state index contributed by atoms with van der Waals surface area (Å²) in [5, 5.41) is 0.484. The summed E-state index contributed by atoms with van der Waals surface area (Å²) in [6, 6.07) is 1.09. The normalized spacial score (nSPS) is 20.4. The van der Waals surface area contributed by atoms with Gasteiger partial charge in [0.2, 0.25) is 9.04 Å². The summed E-state index contributed by atoms with van der Waals surface area (Å²) in [5.74, 6) is 0. The Kier molecular flexibility index (Phi) is 8.62. The molecular formula is C14H28O2Si. The minimum atomic E-state index is -1.43. The Morgan fingerprint density at radius 2 is 1.76 bits per heavy atom. The molecule has 1 aliphatic rings. The third-order valence-corrected chi connectivity index (χ3v) is 6.14. The van der Waals surface area contributed by atoms with Gasteiger partial charge >= 0.3 is 0 Å². The Balaban J connectivity index is 1.92. The van der Waals surface area contributed by atoms with E-state index in [2.05, 4.69) is 6.92 Å². The van der Waals surface area contributed by atoms with Crippen LogP contribution in [0.4, 0.5) is 0 Å². The molecule has 0 N–H and O–H groups in total. The monoisotopic (exact) mass is 256 g/mol. The van der Waals surface area contributed by atoms with Crippen LogP contribution in [0, 0.1) is 0 Å². The van der Waals surface area contributed by atoms with Crippen molar-refractivity contribution < 1.29 is 9.22 Å². The largest absolute Gasteiger partial charge is 0.412 e. The number of hydrogen-bond acceptors (Lipinski definition) is 2. The molecule has 1 heterocycles. The highest BCUT2D eigenvalue weighted by molar-refractivity contribution is 6.85. The predicted molar refractivity (Wildman–Crippen MR) is 74.8 cm³/mol. The molecule has 0 aromatic rings. The highest BCUT2D eigenvalue weighted by atomic mass is 28.3. The lowest BCUT2D eigenvalue weighted by Gasteiger charge is -2.19. The Hall–Kier alpha value is -0.153. The summed E-state index contributed by atoms with van der Waals surface area (Å²) >= 11 is 0. The molecule has 1 aliphatic heterocycles. The fourth-order valence-corrected chi connectivity index (χ4v) is 4.72. The van der Waals surface area contributed by atoms with Gasteiger partial charge in [0.15, 0.2) is 0 Å². The van der Waals surface area contributed by atoms with Crippen molar-refractivity contribution in [2.45, 2.75) is 77.2 Å². The van der Waals surface area contributed by atoms with E-state index in [9.17, 15) is 4.79 Å². The van der Waals surface area contributed by atoms with E-state index < -0.39 is 9.04 Å². The molecular weight excluding hydrogens is 228 g/mol. The first-order valence-electron chi connectivity index (χ1n) is 7.49. The van der Waals surface area contributed by atoms with Crippen molar-refractivity contribution in [2.75, 3.05) is 6.61 Å². The van der Waals surface area contributed by atoms with E-state index in [0.29, 0.717) is 5.41 Å². The predicted octanol–water partition coefficient (Wildman–Crippen LogP) is 3.77. The van der Waals surface area contributed by atoms with E-state index >= 15 is 0 Å². The van der Waals surface area contributed by atoms with Crippen LogP contribution >= 0.6 is 0 Å². The minimum Gasteiger partial charge on any atom is -0.412 e. The smallest absolute Gasteiger partial charge is 0.249 e. The second-order valence-electron chi connectivity index (χ2n) is 5.19. The number of carbonyl (C=O) groups is 1. The van der Waals surface area contributed by atoms with E-state index in [4.69, 9.17) is 4.43 Å². The van der Waals surface area contributed by atoms with Crippen LogP contribution in [0.15, 0.2) is 0 Å². The average Bonchev–Trinajstić information content (AvgIpc) is 2.38. The lowest BCUT2D eigenvalue weighted by molar-refractivity contribution is -0.113. The second-order valence-corrected chi connectivity index (χ2v) is 7.72. The van der Waals surface area contributed by atoms with Crippen molar-refractivity contribution in [3.05, 3.63) is 0 Å². The number of unbranched alkanes of at least 4 members (excludes halogenated alkanes) is 6. The van der Waals surface area contributed by atoms with Crippen molar-refractivity contribution in [1.82, 2.24) is 0 Å². The maximum Gasteiger partial charge on any atom is 0.249 e. The van der Waals surface area contributed by atoms with Crippen LogP contribution in [-0.2, 0) is 9.22 Å². The van der Waals surface area contributed by atoms with Crippen LogP contribution in [0.25, 0.3) is 0 Å².